The predicted octanol–water partition coefficient (Wildman–Crippen LogP) is 5.16. The summed E-state index contributed by atoms with van der Waals surface area (Å²) in [6.45, 7) is 4.13. The number of aromatic hydroxyl groups is 1. The highest BCUT2D eigenvalue weighted by atomic mass is 16.5. The molecular weight excluding hydrogens is 446 g/mol. The second-order valence-electron chi connectivity index (χ2n) is 8.58. The Balaban J connectivity index is 1.96. The first-order valence-corrected chi connectivity index (χ1v) is 11.2. The van der Waals surface area contributed by atoms with E-state index in [0.717, 1.165) is 5.56 Å². The minimum Gasteiger partial charge on any atom is -0.508 e. The van der Waals surface area contributed by atoms with Gasteiger partial charge >= 0.3 is 0 Å². The van der Waals surface area contributed by atoms with Gasteiger partial charge in [0, 0.05) is 5.69 Å². The van der Waals surface area contributed by atoms with E-state index < -0.39 is 23.5 Å². The fraction of sp³-hybridized carbons (Fsp3) is 0.214. The average Bonchev–Trinajstić information content (AvgIpc) is 3.13. The molecule has 0 bridgehead atoms. The molecule has 180 valence electrons. The first kappa shape index (κ1) is 23.9. The second kappa shape index (κ2) is 9.54. The number of carbonyl (C=O) groups is 2. The van der Waals surface area contributed by atoms with Crippen LogP contribution in [-0.2, 0) is 9.59 Å². The summed E-state index contributed by atoms with van der Waals surface area (Å²) >= 11 is 0. The van der Waals surface area contributed by atoms with Crippen molar-refractivity contribution in [2.75, 3.05) is 19.1 Å². The zero-order chi connectivity index (χ0) is 25.3. The lowest BCUT2D eigenvalue weighted by molar-refractivity contribution is -0.132. The van der Waals surface area contributed by atoms with Gasteiger partial charge in [0.15, 0.2) is 0 Å². The standard InChI is InChI=1S/C28H27NO6/c1-16(2)17-8-10-19(11-9-17)29-25(18-6-5-7-20(30)14-18)24(27(32)28(29)33)26(31)22-15-21(34-3)12-13-23(22)35-4/h5-16,25,30-31H,1-4H3/b26-24+. The fourth-order valence-electron chi connectivity index (χ4n) is 4.27. The van der Waals surface area contributed by atoms with Crippen LogP contribution in [0.4, 0.5) is 5.69 Å². The maximum Gasteiger partial charge on any atom is 0.300 e. The molecule has 1 fully saturated rings. The summed E-state index contributed by atoms with van der Waals surface area (Å²) in [4.78, 5) is 28.0. The maximum absolute atomic E-state index is 13.4. The number of aliphatic hydroxyl groups is 1. The topological polar surface area (TPSA) is 96.3 Å². The Labute approximate surface area is 203 Å². The number of anilines is 1. The Morgan fingerprint density at radius 3 is 2.26 bits per heavy atom. The van der Waals surface area contributed by atoms with Gasteiger partial charge in [-0.15, -0.1) is 0 Å². The molecule has 1 aliphatic rings. The number of hydrogen-bond donors (Lipinski definition) is 2. The molecule has 1 aliphatic heterocycles. The first-order chi connectivity index (χ1) is 16.8. The van der Waals surface area contributed by atoms with Crippen LogP contribution in [0.1, 0.15) is 42.5 Å². The van der Waals surface area contributed by atoms with Gasteiger partial charge in [0.25, 0.3) is 11.7 Å². The van der Waals surface area contributed by atoms with Gasteiger partial charge in [0.05, 0.1) is 31.4 Å². The van der Waals surface area contributed by atoms with Crippen molar-refractivity contribution in [3.63, 3.8) is 0 Å². The van der Waals surface area contributed by atoms with Crippen LogP contribution in [0, 0.1) is 0 Å². The second-order valence-corrected chi connectivity index (χ2v) is 8.58. The summed E-state index contributed by atoms with van der Waals surface area (Å²) in [7, 11) is 2.93. The predicted molar refractivity (Wildman–Crippen MR) is 133 cm³/mol. The fourth-order valence-corrected chi connectivity index (χ4v) is 4.27. The molecule has 1 unspecified atom stereocenters. The molecule has 3 aromatic rings. The third-order valence-corrected chi connectivity index (χ3v) is 6.13. The van der Waals surface area contributed by atoms with Gasteiger partial charge in [-0.1, -0.05) is 38.1 Å². The molecule has 0 spiro atoms. The SMILES string of the molecule is COc1ccc(OC)c(/C(O)=C2\C(=O)C(=O)N(c3ccc(C(C)C)cc3)C2c2cccc(O)c2)c1. The summed E-state index contributed by atoms with van der Waals surface area (Å²) in [5.74, 6) is -0.990. The van der Waals surface area contributed by atoms with E-state index in [9.17, 15) is 19.8 Å². The molecule has 1 amide bonds. The van der Waals surface area contributed by atoms with Crippen molar-refractivity contribution in [1.29, 1.82) is 0 Å². The van der Waals surface area contributed by atoms with Crippen LogP contribution in [-0.4, -0.2) is 36.1 Å². The molecule has 1 heterocycles. The highest BCUT2D eigenvalue weighted by Gasteiger charge is 2.47. The third-order valence-electron chi connectivity index (χ3n) is 6.13. The van der Waals surface area contributed by atoms with E-state index in [1.54, 1.807) is 42.5 Å². The smallest absolute Gasteiger partial charge is 0.300 e. The van der Waals surface area contributed by atoms with Gasteiger partial charge in [-0.25, -0.2) is 0 Å². The van der Waals surface area contributed by atoms with Gasteiger partial charge < -0.3 is 19.7 Å². The van der Waals surface area contributed by atoms with Gasteiger partial charge in [-0.2, -0.15) is 0 Å². The number of Topliss-reactive ketones (excluding diaryl/α,β-unsaturated/α-hetero) is 1. The maximum atomic E-state index is 13.4. The number of rotatable bonds is 6. The number of phenolic OH excluding ortho intramolecular Hbond substituents is 1. The van der Waals surface area contributed by atoms with Crippen molar-refractivity contribution in [2.24, 2.45) is 0 Å². The number of hydrogen-bond acceptors (Lipinski definition) is 6. The first-order valence-electron chi connectivity index (χ1n) is 11.2. The Bertz CT molecular complexity index is 1310. The van der Waals surface area contributed by atoms with E-state index in [-0.39, 0.29) is 16.9 Å². The van der Waals surface area contributed by atoms with Crippen LogP contribution in [0.5, 0.6) is 17.2 Å². The monoisotopic (exact) mass is 473 g/mol. The molecule has 0 saturated carbocycles. The van der Waals surface area contributed by atoms with E-state index in [1.807, 2.05) is 12.1 Å². The molecule has 2 N–H and O–H groups in total. The van der Waals surface area contributed by atoms with Crippen LogP contribution in [0.15, 0.2) is 72.3 Å². The van der Waals surface area contributed by atoms with Gasteiger partial charge in [-0.3, -0.25) is 14.5 Å². The zero-order valence-electron chi connectivity index (χ0n) is 20.0. The van der Waals surface area contributed by atoms with Crippen molar-refractivity contribution in [2.45, 2.75) is 25.8 Å². The number of nitrogens with zero attached hydrogens (tertiary/aromatic N) is 1. The largest absolute Gasteiger partial charge is 0.508 e. The molecule has 0 radical (unpaired) electrons. The summed E-state index contributed by atoms with van der Waals surface area (Å²) < 4.78 is 10.7. The number of aliphatic hydroxyl groups excluding tert-OH is 1. The summed E-state index contributed by atoms with van der Waals surface area (Å²) in [6, 6.07) is 17.5. The molecule has 0 aromatic heterocycles. The minimum atomic E-state index is -0.970. The van der Waals surface area contributed by atoms with Crippen molar-refractivity contribution in [3.8, 4) is 17.2 Å². The number of phenols is 1. The molecule has 3 aromatic carbocycles. The quantitative estimate of drug-likeness (QED) is 0.292. The lowest BCUT2D eigenvalue weighted by atomic mass is 9.94. The number of ketones is 1. The van der Waals surface area contributed by atoms with Gasteiger partial charge in [0.2, 0.25) is 0 Å². The normalized spacial score (nSPS) is 17.2. The lowest BCUT2D eigenvalue weighted by Crippen LogP contribution is -2.29. The molecule has 7 heteroatoms. The van der Waals surface area contributed by atoms with Gasteiger partial charge in [0.1, 0.15) is 23.0 Å². The molecular formula is C28H27NO6. The Morgan fingerprint density at radius 1 is 0.943 bits per heavy atom. The summed E-state index contributed by atoms with van der Waals surface area (Å²) in [5.41, 5.74) is 2.16. The summed E-state index contributed by atoms with van der Waals surface area (Å²) in [6.07, 6.45) is 0. The molecule has 1 atom stereocenters. The molecule has 1 saturated heterocycles. The van der Waals surface area contributed by atoms with Crippen molar-refractivity contribution >= 4 is 23.1 Å². The van der Waals surface area contributed by atoms with Crippen LogP contribution in [0.3, 0.4) is 0 Å². The van der Waals surface area contributed by atoms with E-state index >= 15 is 0 Å². The van der Waals surface area contributed by atoms with Crippen LogP contribution < -0.4 is 14.4 Å². The minimum absolute atomic E-state index is 0.0257. The number of carbonyl (C=O) groups excluding carboxylic acids is 2. The third kappa shape index (κ3) is 4.33. The summed E-state index contributed by atoms with van der Waals surface area (Å²) in [5, 5.41) is 21.6. The number of ether oxygens (including phenoxy) is 2. The van der Waals surface area contributed by atoms with Crippen molar-refractivity contribution in [1.82, 2.24) is 0 Å². The highest BCUT2D eigenvalue weighted by Crippen LogP contribution is 2.44. The Hall–Kier alpha value is -4.26. The van der Waals surface area contributed by atoms with Crippen molar-refractivity contribution in [3.05, 3.63) is 89.0 Å². The zero-order valence-corrected chi connectivity index (χ0v) is 20.0. The molecule has 0 aliphatic carbocycles. The Morgan fingerprint density at radius 2 is 1.66 bits per heavy atom. The number of amides is 1. The molecule has 35 heavy (non-hydrogen) atoms. The number of methoxy groups -OCH3 is 2. The highest BCUT2D eigenvalue weighted by molar-refractivity contribution is 6.51. The molecule has 4 rings (SSSR count). The van der Waals surface area contributed by atoms with E-state index in [0.29, 0.717) is 28.7 Å². The van der Waals surface area contributed by atoms with Crippen LogP contribution in [0.2, 0.25) is 0 Å². The average molecular weight is 474 g/mol. The van der Waals surface area contributed by atoms with Gasteiger partial charge in [-0.05, 0) is 59.5 Å². The van der Waals surface area contributed by atoms with Crippen LogP contribution in [0.25, 0.3) is 5.76 Å². The Kier molecular flexibility index (Phi) is 6.51. The van der Waals surface area contributed by atoms with Crippen LogP contribution >= 0.6 is 0 Å². The number of benzene rings is 3. The molecule has 7 nitrogen and oxygen atoms in total. The van der Waals surface area contributed by atoms with E-state index in [2.05, 4.69) is 13.8 Å². The van der Waals surface area contributed by atoms with Crippen molar-refractivity contribution < 1.29 is 29.3 Å². The lowest BCUT2D eigenvalue weighted by Gasteiger charge is -2.26. The van der Waals surface area contributed by atoms with E-state index in [1.165, 1.54) is 31.3 Å². The van der Waals surface area contributed by atoms with E-state index in [4.69, 9.17) is 9.47 Å².